The number of rotatable bonds is 3. The van der Waals surface area contributed by atoms with Gasteiger partial charge in [0, 0.05) is 22.6 Å². The number of halogens is 8. The molecule has 1 aliphatic heterocycles. The molecule has 2 aromatic rings. The molecular weight excluding hydrogens is 459 g/mol. The van der Waals surface area contributed by atoms with Crippen molar-refractivity contribution in [2.75, 3.05) is 0 Å². The van der Waals surface area contributed by atoms with E-state index in [4.69, 9.17) is 28.0 Å². The van der Waals surface area contributed by atoms with Crippen LogP contribution in [0.1, 0.15) is 39.0 Å². The highest BCUT2D eigenvalue weighted by molar-refractivity contribution is 6.67. The molecule has 1 heterocycles. The minimum Gasteiger partial charge on any atom is -0.374 e. The van der Waals surface area contributed by atoms with Crippen molar-refractivity contribution in [3.8, 4) is 0 Å². The van der Waals surface area contributed by atoms with E-state index in [2.05, 4.69) is 5.16 Å². The summed E-state index contributed by atoms with van der Waals surface area (Å²) in [5.41, 5.74) is -4.71. The van der Waals surface area contributed by atoms with Crippen LogP contribution in [0.15, 0.2) is 41.6 Å². The fourth-order valence-corrected chi connectivity index (χ4v) is 3.56. The van der Waals surface area contributed by atoms with Gasteiger partial charge >= 0.3 is 12.4 Å². The first-order valence-corrected chi connectivity index (χ1v) is 9.01. The molecule has 3 nitrogen and oxygen atoms in total. The molecule has 160 valence electrons. The number of oxime groups is 1. The molecule has 1 unspecified atom stereocenters. The number of hydrogen-bond donors (Lipinski definition) is 0. The van der Waals surface area contributed by atoms with E-state index in [1.807, 2.05) is 0 Å². The average Bonchev–Trinajstić information content (AvgIpc) is 3.06. The van der Waals surface area contributed by atoms with Crippen LogP contribution in [0.25, 0.3) is 0 Å². The summed E-state index contributed by atoms with van der Waals surface area (Å²) in [6.45, 7) is 1.53. The molecule has 0 fully saturated rings. The predicted molar refractivity (Wildman–Crippen MR) is 97.8 cm³/mol. The Labute approximate surface area is 176 Å². The lowest BCUT2D eigenvalue weighted by Gasteiger charge is -2.30. The highest BCUT2D eigenvalue weighted by Gasteiger charge is 2.62. The van der Waals surface area contributed by atoms with Gasteiger partial charge in [0.15, 0.2) is 0 Å². The van der Waals surface area contributed by atoms with E-state index in [9.17, 15) is 31.1 Å². The van der Waals surface area contributed by atoms with Gasteiger partial charge in [0.1, 0.15) is 0 Å². The lowest BCUT2D eigenvalue weighted by atomic mass is 9.85. The fraction of sp³-hybridized carbons (Fsp3) is 0.263. The number of alkyl halides is 6. The third kappa shape index (κ3) is 4.00. The summed E-state index contributed by atoms with van der Waals surface area (Å²) in [7, 11) is 0. The zero-order valence-corrected chi connectivity index (χ0v) is 16.5. The van der Waals surface area contributed by atoms with Crippen LogP contribution in [0.4, 0.5) is 26.3 Å². The van der Waals surface area contributed by atoms with Crippen LogP contribution in [0, 0.1) is 6.92 Å². The van der Waals surface area contributed by atoms with Gasteiger partial charge in [0.05, 0.1) is 11.3 Å². The smallest absolute Gasteiger partial charge is 0.374 e. The second-order valence-electron chi connectivity index (χ2n) is 6.66. The summed E-state index contributed by atoms with van der Waals surface area (Å²) in [4.78, 5) is 16.1. The van der Waals surface area contributed by atoms with Gasteiger partial charge in [-0.1, -0.05) is 22.8 Å². The van der Waals surface area contributed by atoms with Crippen molar-refractivity contribution >= 4 is 34.2 Å². The highest BCUT2D eigenvalue weighted by atomic mass is 35.5. The van der Waals surface area contributed by atoms with Gasteiger partial charge in [0.2, 0.25) is 0 Å². The Kier molecular flexibility index (Phi) is 5.57. The van der Waals surface area contributed by atoms with E-state index >= 15 is 0 Å². The third-order valence-electron chi connectivity index (χ3n) is 4.65. The fourth-order valence-electron chi connectivity index (χ4n) is 3.11. The molecule has 0 saturated heterocycles. The van der Waals surface area contributed by atoms with Crippen LogP contribution in [-0.2, 0) is 16.6 Å². The molecule has 0 radical (unpaired) electrons. The number of carbonyl (C=O) groups excluding carboxylic acids is 1. The summed E-state index contributed by atoms with van der Waals surface area (Å²) in [6, 6.07) is 5.68. The largest absolute Gasteiger partial charge is 0.435 e. The van der Waals surface area contributed by atoms with Crippen LogP contribution < -0.4 is 0 Å². The van der Waals surface area contributed by atoms with Crippen molar-refractivity contribution in [1.82, 2.24) is 0 Å². The molecule has 0 spiro atoms. The van der Waals surface area contributed by atoms with Crippen molar-refractivity contribution in [1.29, 1.82) is 0 Å². The maximum absolute atomic E-state index is 14.0. The Morgan fingerprint density at radius 1 is 1.10 bits per heavy atom. The molecule has 30 heavy (non-hydrogen) atoms. The van der Waals surface area contributed by atoms with E-state index in [1.165, 1.54) is 25.1 Å². The molecule has 0 N–H and O–H groups in total. The van der Waals surface area contributed by atoms with E-state index in [1.54, 1.807) is 0 Å². The quantitative estimate of drug-likeness (QED) is 0.373. The van der Waals surface area contributed by atoms with Crippen molar-refractivity contribution in [3.63, 3.8) is 0 Å². The monoisotopic (exact) mass is 469 g/mol. The number of nitrogens with zero attached hydrogens (tertiary/aromatic N) is 1. The molecule has 1 atom stereocenters. The minimum atomic E-state index is -5.10. The summed E-state index contributed by atoms with van der Waals surface area (Å²) in [5, 5.41) is 2.22. The molecule has 11 heteroatoms. The van der Waals surface area contributed by atoms with Crippen LogP contribution in [-0.4, -0.2) is 17.1 Å². The molecular formula is C19H11Cl2F6NO2. The van der Waals surface area contributed by atoms with Crippen LogP contribution in [0.5, 0.6) is 0 Å². The van der Waals surface area contributed by atoms with Gasteiger partial charge < -0.3 is 4.84 Å². The molecule has 0 aromatic heterocycles. The number of aryl methyl sites for hydroxylation is 1. The molecule has 0 amide bonds. The van der Waals surface area contributed by atoms with Gasteiger partial charge in [-0.05, 0) is 60.0 Å². The number of carbonyl (C=O) groups is 1. The lowest BCUT2D eigenvalue weighted by molar-refractivity contribution is -0.276. The Bertz CT molecular complexity index is 1050. The first kappa shape index (κ1) is 22.4. The first-order valence-electron chi connectivity index (χ1n) is 8.25. The highest BCUT2D eigenvalue weighted by Crippen LogP contribution is 2.50. The Morgan fingerprint density at radius 2 is 1.77 bits per heavy atom. The maximum atomic E-state index is 14.0. The Morgan fingerprint density at radius 3 is 2.30 bits per heavy atom. The normalized spacial score (nSPS) is 19.4. The third-order valence-corrected chi connectivity index (χ3v) is 5.07. The Hall–Kier alpha value is -2.26. The van der Waals surface area contributed by atoms with Gasteiger partial charge in [0.25, 0.3) is 10.8 Å². The summed E-state index contributed by atoms with van der Waals surface area (Å²) in [5.74, 6) is 0. The maximum Gasteiger partial charge on any atom is 0.435 e. The van der Waals surface area contributed by atoms with Crippen LogP contribution in [0.3, 0.4) is 0 Å². The molecule has 3 rings (SSSR count). The number of hydrogen-bond acceptors (Lipinski definition) is 3. The van der Waals surface area contributed by atoms with Crippen LogP contribution in [0.2, 0.25) is 5.02 Å². The molecule has 0 aliphatic carbocycles. The van der Waals surface area contributed by atoms with Crippen molar-refractivity contribution in [2.45, 2.75) is 31.3 Å². The van der Waals surface area contributed by atoms with Gasteiger partial charge in [-0.2, -0.15) is 26.3 Å². The zero-order chi connectivity index (χ0) is 22.5. The summed E-state index contributed by atoms with van der Waals surface area (Å²) < 4.78 is 81.3. The van der Waals surface area contributed by atoms with E-state index in [0.29, 0.717) is 17.7 Å². The summed E-state index contributed by atoms with van der Waals surface area (Å²) in [6.07, 6.45) is -10.9. The van der Waals surface area contributed by atoms with E-state index in [0.717, 1.165) is 6.07 Å². The molecule has 0 bridgehead atoms. The predicted octanol–water partition coefficient (Wildman–Crippen LogP) is 6.63. The molecule has 1 aliphatic rings. The second-order valence-corrected chi connectivity index (χ2v) is 7.44. The van der Waals surface area contributed by atoms with Gasteiger partial charge in [-0.3, -0.25) is 4.79 Å². The number of benzene rings is 2. The zero-order valence-electron chi connectivity index (χ0n) is 15.0. The summed E-state index contributed by atoms with van der Waals surface area (Å²) >= 11 is 11.1. The van der Waals surface area contributed by atoms with Crippen molar-refractivity contribution in [3.05, 3.63) is 69.2 Å². The Balaban J connectivity index is 2.06. The van der Waals surface area contributed by atoms with Crippen LogP contribution >= 0.6 is 23.2 Å². The SMILES string of the molecule is Cc1cc(C2=NOC(c3cc(Cl)cc(C(F)(F)F)c3)(C(F)(F)F)C2)ccc1C(=O)Cl. The van der Waals surface area contributed by atoms with Gasteiger partial charge in [-0.15, -0.1) is 0 Å². The first-order chi connectivity index (χ1) is 13.7. The van der Waals surface area contributed by atoms with Crippen molar-refractivity contribution < 1.29 is 36.0 Å². The van der Waals surface area contributed by atoms with Gasteiger partial charge in [-0.25, -0.2) is 0 Å². The second kappa shape index (κ2) is 7.46. The lowest BCUT2D eigenvalue weighted by Crippen LogP contribution is -2.43. The van der Waals surface area contributed by atoms with E-state index in [-0.39, 0.29) is 16.8 Å². The topological polar surface area (TPSA) is 38.7 Å². The average molecular weight is 470 g/mol. The van der Waals surface area contributed by atoms with Crippen molar-refractivity contribution in [2.24, 2.45) is 5.16 Å². The van der Waals surface area contributed by atoms with E-state index < -0.39 is 45.8 Å². The molecule has 2 aromatic carbocycles. The standard InChI is InChI=1S/C19H11Cl2F6NO2/c1-9-4-10(2-3-14(9)16(21)29)15-8-17(30-28-15,19(25,26)27)11-5-12(18(22,23)24)7-13(20)6-11/h2-7H,8H2,1H3. The minimum absolute atomic E-state index is 0.155. The molecule has 0 saturated carbocycles.